The molecule has 3 rings (SSSR count). The average Bonchev–Trinajstić information content (AvgIpc) is 2.96. The third-order valence-corrected chi connectivity index (χ3v) is 3.24. The Morgan fingerprint density at radius 2 is 1.71 bits per heavy atom. The minimum absolute atomic E-state index is 0.623. The number of aromatic nitrogens is 3. The zero-order valence-electron chi connectivity index (χ0n) is 12.0. The standard InChI is InChI=1S/C15H15N3O3/c1-19-9-6-12(20-2)14(13(7-9)21-3)15-17-10-4-5-16-8-11(10)18-15/h4-8H,1-3H3,(H,17,18). The van der Waals surface area contributed by atoms with E-state index in [0.29, 0.717) is 23.1 Å². The van der Waals surface area contributed by atoms with Gasteiger partial charge in [-0.15, -0.1) is 0 Å². The van der Waals surface area contributed by atoms with E-state index < -0.39 is 0 Å². The van der Waals surface area contributed by atoms with E-state index in [1.54, 1.807) is 45.9 Å². The highest BCUT2D eigenvalue weighted by Crippen LogP contribution is 2.40. The molecule has 0 radical (unpaired) electrons. The lowest BCUT2D eigenvalue weighted by Gasteiger charge is -2.13. The molecule has 0 saturated heterocycles. The number of imidazole rings is 1. The average molecular weight is 285 g/mol. The highest BCUT2D eigenvalue weighted by Gasteiger charge is 2.18. The van der Waals surface area contributed by atoms with Crippen LogP contribution in [-0.2, 0) is 0 Å². The number of fused-ring (bicyclic) bond motifs is 1. The fourth-order valence-corrected chi connectivity index (χ4v) is 2.21. The maximum Gasteiger partial charge on any atom is 0.146 e. The second-order valence-corrected chi connectivity index (χ2v) is 4.39. The van der Waals surface area contributed by atoms with Gasteiger partial charge in [-0.2, -0.15) is 0 Å². The second-order valence-electron chi connectivity index (χ2n) is 4.39. The van der Waals surface area contributed by atoms with Gasteiger partial charge in [-0.1, -0.05) is 0 Å². The summed E-state index contributed by atoms with van der Waals surface area (Å²) in [7, 11) is 4.80. The largest absolute Gasteiger partial charge is 0.496 e. The van der Waals surface area contributed by atoms with Gasteiger partial charge in [-0.05, 0) is 6.07 Å². The molecule has 0 spiro atoms. The smallest absolute Gasteiger partial charge is 0.146 e. The van der Waals surface area contributed by atoms with Crippen LogP contribution < -0.4 is 14.2 Å². The van der Waals surface area contributed by atoms with Gasteiger partial charge < -0.3 is 19.2 Å². The van der Waals surface area contributed by atoms with Crippen molar-refractivity contribution in [3.8, 4) is 28.6 Å². The molecule has 0 saturated carbocycles. The zero-order valence-corrected chi connectivity index (χ0v) is 12.0. The van der Waals surface area contributed by atoms with Crippen molar-refractivity contribution >= 4 is 11.0 Å². The summed E-state index contributed by atoms with van der Waals surface area (Å²) in [6.07, 6.45) is 3.43. The maximum atomic E-state index is 5.45. The molecular weight excluding hydrogens is 270 g/mol. The maximum absolute atomic E-state index is 5.45. The normalized spacial score (nSPS) is 10.6. The number of hydrogen-bond acceptors (Lipinski definition) is 5. The summed E-state index contributed by atoms with van der Waals surface area (Å²) in [5.41, 5.74) is 2.43. The topological polar surface area (TPSA) is 69.3 Å². The van der Waals surface area contributed by atoms with Gasteiger partial charge in [-0.25, -0.2) is 4.98 Å². The number of nitrogens with zero attached hydrogens (tertiary/aromatic N) is 2. The van der Waals surface area contributed by atoms with Crippen molar-refractivity contribution in [1.29, 1.82) is 0 Å². The van der Waals surface area contributed by atoms with Crippen molar-refractivity contribution in [2.24, 2.45) is 0 Å². The fraction of sp³-hybridized carbons (Fsp3) is 0.200. The first-order valence-corrected chi connectivity index (χ1v) is 6.37. The third kappa shape index (κ3) is 2.24. The Bertz CT molecular complexity index is 725. The first-order valence-electron chi connectivity index (χ1n) is 6.37. The number of benzene rings is 1. The van der Waals surface area contributed by atoms with Crippen LogP contribution in [0.3, 0.4) is 0 Å². The van der Waals surface area contributed by atoms with Gasteiger partial charge in [0.15, 0.2) is 0 Å². The minimum Gasteiger partial charge on any atom is -0.496 e. The molecule has 0 amide bonds. The predicted octanol–water partition coefficient (Wildman–Crippen LogP) is 2.65. The van der Waals surface area contributed by atoms with Gasteiger partial charge in [-0.3, -0.25) is 4.98 Å². The van der Waals surface area contributed by atoms with Crippen LogP contribution in [0.15, 0.2) is 30.6 Å². The van der Waals surface area contributed by atoms with Crippen LogP contribution in [-0.4, -0.2) is 36.3 Å². The highest BCUT2D eigenvalue weighted by molar-refractivity contribution is 5.82. The molecule has 108 valence electrons. The molecular formula is C15H15N3O3. The van der Waals surface area contributed by atoms with Crippen LogP contribution in [0.5, 0.6) is 17.2 Å². The molecule has 0 aliphatic carbocycles. The molecule has 1 aromatic carbocycles. The monoisotopic (exact) mass is 285 g/mol. The zero-order chi connectivity index (χ0) is 14.8. The lowest BCUT2D eigenvalue weighted by Crippen LogP contribution is -1.96. The van der Waals surface area contributed by atoms with E-state index in [9.17, 15) is 0 Å². The van der Waals surface area contributed by atoms with Crippen molar-refractivity contribution in [2.45, 2.75) is 0 Å². The van der Waals surface area contributed by atoms with Crippen molar-refractivity contribution in [3.63, 3.8) is 0 Å². The Labute approximate surface area is 121 Å². The number of pyridine rings is 1. The molecule has 1 N–H and O–H groups in total. The van der Waals surface area contributed by atoms with Crippen LogP contribution in [0.1, 0.15) is 0 Å². The molecule has 0 atom stereocenters. The number of nitrogens with one attached hydrogen (secondary N) is 1. The summed E-state index contributed by atoms with van der Waals surface area (Å²) in [4.78, 5) is 11.9. The van der Waals surface area contributed by atoms with Crippen molar-refractivity contribution < 1.29 is 14.2 Å². The minimum atomic E-state index is 0.623. The Balaban J connectivity index is 2.24. The Kier molecular flexibility index (Phi) is 3.35. The molecule has 0 bridgehead atoms. The quantitative estimate of drug-likeness (QED) is 0.798. The molecule has 3 aromatic rings. The van der Waals surface area contributed by atoms with E-state index in [0.717, 1.165) is 16.6 Å². The van der Waals surface area contributed by atoms with Crippen LogP contribution >= 0.6 is 0 Å². The first-order chi connectivity index (χ1) is 10.3. The highest BCUT2D eigenvalue weighted by atomic mass is 16.5. The van der Waals surface area contributed by atoms with E-state index in [1.165, 1.54) is 0 Å². The molecule has 0 aliphatic rings. The second kappa shape index (κ2) is 5.32. The first kappa shape index (κ1) is 13.2. The van der Waals surface area contributed by atoms with Crippen molar-refractivity contribution in [2.75, 3.05) is 21.3 Å². The van der Waals surface area contributed by atoms with E-state index in [4.69, 9.17) is 14.2 Å². The molecule has 0 aliphatic heterocycles. The van der Waals surface area contributed by atoms with Crippen LogP contribution in [0.2, 0.25) is 0 Å². The summed E-state index contributed by atoms with van der Waals surface area (Å²) in [6.45, 7) is 0. The molecule has 6 nitrogen and oxygen atoms in total. The van der Waals surface area contributed by atoms with Gasteiger partial charge in [0.25, 0.3) is 0 Å². The van der Waals surface area contributed by atoms with Gasteiger partial charge in [0.1, 0.15) is 28.6 Å². The summed E-state index contributed by atoms with van der Waals surface area (Å²) in [5.74, 6) is 2.57. The van der Waals surface area contributed by atoms with Gasteiger partial charge in [0.05, 0.1) is 38.6 Å². The number of ether oxygens (including phenoxy) is 3. The summed E-state index contributed by atoms with van der Waals surface area (Å²) < 4.78 is 16.1. The van der Waals surface area contributed by atoms with Gasteiger partial charge >= 0.3 is 0 Å². The summed E-state index contributed by atoms with van der Waals surface area (Å²) >= 11 is 0. The van der Waals surface area contributed by atoms with Gasteiger partial charge in [0, 0.05) is 18.3 Å². The Hall–Kier alpha value is -2.76. The molecule has 2 heterocycles. The summed E-state index contributed by atoms with van der Waals surface area (Å²) in [6, 6.07) is 5.43. The Morgan fingerprint density at radius 1 is 1.00 bits per heavy atom. The van der Waals surface area contributed by atoms with Crippen LogP contribution in [0, 0.1) is 0 Å². The number of H-pyrrole nitrogens is 1. The number of methoxy groups -OCH3 is 3. The number of hydrogen-bond donors (Lipinski definition) is 1. The van der Waals surface area contributed by atoms with E-state index in [2.05, 4.69) is 15.0 Å². The van der Waals surface area contributed by atoms with Crippen molar-refractivity contribution in [1.82, 2.24) is 15.0 Å². The lowest BCUT2D eigenvalue weighted by molar-refractivity contribution is 0.377. The molecule has 0 fully saturated rings. The van der Waals surface area contributed by atoms with Crippen LogP contribution in [0.4, 0.5) is 0 Å². The molecule has 0 unspecified atom stereocenters. The predicted molar refractivity (Wildman–Crippen MR) is 79.0 cm³/mol. The Morgan fingerprint density at radius 3 is 2.29 bits per heavy atom. The SMILES string of the molecule is COc1cc(OC)c(-c2nc3ccncc3[nH]2)c(OC)c1. The van der Waals surface area contributed by atoms with Gasteiger partial charge in [0.2, 0.25) is 0 Å². The fourth-order valence-electron chi connectivity index (χ4n) is 2.21. The number of aromatic amines is 1. The molecule has 21 heavy (non-hydrogen) atoms. The van der Waals surface area contributed by atoms with E-state index in [1.807, 2.05) is 6.07 Å². The lowest BCUT2D eigenvalue weighted by atomic mass is 10.1. The van der Waals surface area contributed by atoms with E-state index in [-0.39, 0.29) is 0 Å². The van der Waals surface area contributed by atoms with Crippen LogP contribution in [0.25, 0.3) is 22.4 Å². The number of rotatable bonds is 4. The van der Waals surface area contributed by atoms with Crippen molar-refractivity contribution in [3.05, 3.63) is 30.6 Å². The van der Waals surface area contributed by atoms with E-state index >= 15 is 0 Å². The molecule has 6 heteroatoms. The summed E-state index contributed by atoms with van der Waals surface area (Å²) in [5, 5.41) is 0. The third-order valence-electron chi connectivity index (χ3n) is 3.24. The molecule has 2 aromatic heterocycles.